The van der Waals surface area contributed by atoms with E-state index in [-0.39, 0.29) is 17.2 Å². The molecule has 1 aromatic heterocycles. The second-order valence-electron chi connectivity index (χ2n) is 7.04. The fraction of sp³-hybridized carbons (Fsp3) is 0.450. The molecular weight excluding hydrogens is 380 g/mol. The maximum absolute atomic E-state index is 12.7. The molecule has 0 radical (unpaired) electrons. The Bertz CT molecular complexity index is 838. The highest BCUT2D eigenvalue weighted by Crippen LogP contribution is 2.23. The monoisotopic (exact) mass is 406 g/mol. The summed E-state index contributed by atoms with van der Waals surface area (Å²) in [5, 5.41) is 5.20. The second kappa shape index (κ2) is 9.10. The van der Waals surface area contributed by atoms with E-state index in [1.165, 1.54) is 4.88 Å². The predicted octanol–water partition coefficient (Wildman–Crippen LogP) is 3.18. The standard InChI is InChI=1S/C20H26N2O3S2/c1-16-9-12-22(13-10-16)27(24,25)19-6-4-17(5-7-19)20(23)15-21-11-8-18-3-2-14-26-18/h2-7,14,16,21H,8-13,15H2,1H3. The average Bonchev–Trinajstić information content (AvgIpc) is 3.19. The van der Waals surface area contributed by atoms with Gasteiger partial charge >= 0.3 is 0 Å². The maximum atomic E-state index is 12.7. The van der Waals surface area contributed by atoms with E-state index in [9.17, 15) is 13.2 Å². The number of thiophene rings is 1. The molecule has 0 spiro atoms. The van der Waals surface area contributed by atoms with E-state index >= 15 is 0 Å². The van der Waals surface area contributed by atoms with Gasteiger partial charge in [0, 0.05) is 30.1 Å². The van der Waals surface area contributed by atoms with Crippen molar-refractivity contribution in [3.05, 3.63) is 52.2 Å². The van der Waals surface area contributed by atoms with Crippen molar-refractivity contribution in [1.82, 2.24) is 9.62 Å². The molecule has 7 heteroatoms. The van der Waals surface area contributed by atoms with Crippen LogP contribution in [0.1, 0.15) is 35.0 Å². The van der Waals surface area contributed by atoms with Crippen molar-refractivity contribution < 1.29 is 13.2 Å². The molecule has 146 valence electrons. The molecule has 1 N–H and O–H groups in total. The highest BCUT2D eigenvalue weighted by molar-refractivity contribution is 7.89. The normalized spacial score (nSPS) is 16.5. The first-order valence-electron chi connectivity index (χ1n) is 9.33. The first kappa shape index (κ1) is 20.2. The van der Waals surface area contributed by atoms with Crippen molar-refractivity contribution in [2.24, 2.45) is 5.92 Å². The third-order valence-electron chi connectivity index (χ3n) is 4.97. The van der Waals surface area contributed by atoms with Gasteiger partial charge in [-0.25, -0.2) is 8.42 Å². The molecule has 0 saturated carbocycles. The molecule has 0 aliphatic carbocycles. The molecule has 3 rings (SSSR count). The summed E-state index contributed by atoms with van der Waals surface area (Å²) in [6.45, 7) is 4.28. The average molecular weight is 407 g/mol. The van der Waals surface area contributed by atoms with Gasteiger partial charge in [-0.15, -0.1) is 11.3 Å². The Labute approximate surface area is 165 Å². The van der Waals surface area contributed by atoms with E-state index < -0.39 is 10.0 Å². The number of carbonyl (C=O) groups is 1. The number of ketones is 1. The minimum absolute atomic E-state index is 0.0306. The van der Waals surface area contributed by atoms with Crippen LogP contribution in [-0.2, 0) is 16.4 Å². The van der Waals surface area contributed by atoms with Crippen molar-refractivity contribution in [3.8, 4) is 0 Å². The molecule has 0 amide bonds. The van der Waals surface area contributed by atoms with Crippen molar-refractivity contribution in [3.63, 3.8) is 0 Å². The van der Waals surface area contributed by atoms with Gasteiger partial charge in [0.05, 0.1) is 11.4 Å². The molecular formula is C20H26N2O3S2. The van der Waals surface area contributed by atoms with Gasteiger partial charge in [-0.05, 0) is 48.8 Å². The van der Waals surface area contributed by atoms with Crippen LogP contribution < -0.4 is 5.32 Å². The van der Waals surface area contributed by atoms with Gasteiger partial charge in [0.1, 0.15) is 0 Å². The van der Waals surface area contributed by atoms with Crippen molar-refractivity contribution in [1.29, 1.82) is 0 Å². The van der Waals surface area contributed by atoms with Gasteiger partial charge in [-0.3, -0.25) is 4.79 Å². The van der Waals surface area contributed by atoms with E-state index in [4.69, 9.17) is 0 Å². The number of benzene rings is 1. The van der Waals surface area contributed by atoms with Gasteiger partial charge in [0.25, 0.3) is 0 Å². The van der Waals surface area contributed by atoms with Crippen LogP contribution in [0.15, 0.2) is 46.7 Å². The zero-order chi connectivity index (χ0) is 19.3. The molecule has 1 aliphatic heterocycles. The van der Waals surface area contributed by atoms with Crippen molar-refractivity contribution in [2.45, 2.75) is 31.1 Å². The van der Waals surface area contributed by atoms with E-state index in [0.717, 1.165) is 25.8 Å². The first-order chi connectivity index (χ1) is 13.0. The Balaban J connectivity index is 1.53. The number of rotatable bonds is 8. The Hall–Kier alpha value is -1.54. The van der Waals surface area contributed by atoms with E-state index in [0.29, 0.717) is 24.6 Å². The minimum Gasteiger partial charge on any atom is -0.309 e. The third-order valence-corrected chi connectivity index (χ3v) is 7.82. The number of sulfonamides is 1. The van der Waals surface area contributed by atoms with Gasteiger partial charge in [-0.1, -0.05) is 25.1 Å². The van der Waals surface area contributed by atoms with Crippen LogP contribution in [0.4, 0.5) is 0 Å². The quantitative estimate of drug-likeness (QED) is 0.540. The van der Waals surface area contributed by atoms with Crippen LogP contribution in [0.5, 0.6) is 0 Å². The minimum atomic E-state index is -3.47. The molecule has 1 fully saturated rings. The molecule has 1 aromatic carbocycles. The SMILES string of the molecule is CC1CCN(S(=O)(=O)c2ccc(C(=O)CNCCc3cccs3)cc2)CC1. The number of Topliss-reactive ketones (excluding diaryl/α,β-unsaturated/α-hetero) is 1. The zero-order valence-corrected chi connectivity index (χ0v) is 17.2. The maximum Gasteiger partial charge on any atom is 0.243 e. The second-order valence-corrected chi connectivity index (χ2v) is 10.0. The number of hydrogen-bond acceptors (Lipinski definition) is 5. The summed E-state index contributed by atoms with van der Waals surface area (Å²) in [5.74, 6) is 0.542. The molecule has 1 aliphatic rings. The molecule has 0 atom stereocenters. The van der Waals surface area contributed by atoms with E-state index in [1.807, 2.05) is 11.4 Å². The van der Waals surface area contributed by atoms with Crippen LogP contribution in [0.25, 0.3) is 0 Å². The zero-order valence-electron chi connectivity index (χ0n) is 15.6. The molecule has 1 saturated heterocycles. The van der Waals surface area contributed by atoms with E-state index in [1.54, 1.807) is 39.9 Å². The fourth-order valence-electron chi connectivity index (χ4n) is 3.16. The lowest BCUT2D eigenvalue weighted by Crippen LogP contribution is -2.37. The molecule has 2 heterocycles. The largest absolute Gasteiger partial charge is 0.309 e. The van der Waals surface area contributed by atoms with Crippen LogP contribution in [-0.4, -0.2) is 44.7 Å². The number of carbonyl (C=O) groups excluding carboxylic acids is 1. The number of nitrogens with zero attached hydrogens (tertiary/aromatic N) is 1. The Kier molecular flexibility index (Phi) is 6.81. The lowest BCUT2D eigenvalue weighted by atomic mass is 10.0. The molecule has 5 nitrogen and oxygen atoms in total. The lowest BCUT2D eigenvalue weighted by molar-refractivity contribution is 0.0991. The van der Waals surface area contributed by atoms with Crippen molar-refractivity contribution in [2.75, 3.05) is 26.2 Å². The first-order valence-corrected chi connectivity index (χ1v) is 11.7. The van der Waals surface area contributed by atoms with E-state index in [2.05, 4.69) is 18.3 Å². The number of hydrogen-bond donors (Lipinski definition) is 1. The summed E-state index contributed by atoms with van der Waals surface area (Å²) in [6.07, 6.45) is 2.69. The summed E-state index contributed by atoms with van der Waals surface area (Å²) < 4.78 is 27.0. The number of piperidine rings is 1. The highest BCUT2D eigenvalue weighted by Gasteiger charge is 2.28. The van der Waals surface area contributed by atoms with Crippen LogP contribution >= 0.6 is 11.3 Å². The smallest absolute Gasteiger partial charge is 0.243 e. The van der Waals surface area contributed by atoms with Gasteiger partial charge in [-0.2, -0.15) is 4.31 Å². The van der Waals surface area contributed by atoms with Gasteiger partial charge in [0.15, 0.2) is 5.78 Å². The summed E-state index contributed by atoms with van der Waals surface area (Å²) in [5.41, 5.74) is 0.532. The van der Waals surface area contributed by atoms with Gasteiger partial charge < -0.3 is 5.32 Å². The number of nitrogens with one attached hydrogen (secondary N) is 1. The van der Waals surface area contributed by atoms with Crippen LogP contribution in [0, 0.1) is 5.92 Å². The molecule has 2 aromatic rings. The summed E-state index contributed by atoms with van der Waals surface area (Å²) in [6, 6.07) is 10.4. The van der Waals surface area contributed by atoms with Crippen LogP contribution in [0.3, 0.4) is 0 Å². The molecule has 0 bridgehead atoms. The Morgan fingerprint density at radius 2 is 1.89 bits per heavy atom. The van der Waals surface area contributed by atoms with Crippen molar-refractivity contribution >= 4 is 27.1 Å². The van der Waals surface area contributed by atoms with Gasteiger partial charge in [0.2, 0.25) is 10.0 Å². The van der Waals surface area contributed by atoms with Crippen LogP contribution in [0.2, 0.25) is 0 Å². The Morgan fingerprint density at radius 3 is 2.52 bits per heavy atom. The fourth-order valence-corrected chi connectivity index (χ4v) is 5.34. The summed E-state index contributed by atoms with van der Waals surface area (Å²) >= 11 is 1.71. The molecule has 27 heavy (non-hydrogen) atoms. The third kappa shape index (κ3) is 5.25. The highest BCUT2D eigenvalue weighted by atomic mass is 32.2. The summed E-state index contributed by atoms with van der Waals surface area (Å²) in [7, 11) is -3.47. The molecule has 0 unspecified atom stereocenters. The Morgan fingerprint density at radius 1 is 1.19 bits per heavy atom. The summed E-state index contributed by atoms with van der Waals surface area (Å²) in [4.78, 5) is 13.8. The lowest BCUT2D eigenvalue weighted by Gasteiger charge is -2.29. The topological polar surface area (TPSA) is 66.5 Å². The predicted molar refractivity (Wildman–Crippen MR) is 109 cm³/mol.